The maximum absolute atomic E-state index is 12.0. The van der Waals surface area contributed by atoms with Crippen LogP contribution in [0.1, 0.15) is 40.5 Å². The lowest BCUT2D eigenvalue weighted by Crippen LogP contribution is -2.46. The number of aliphatic hydroxyl groups is 1. The Hall–Kier alpha value is -1.30. The lowest BCUT2D eigenvalue weighted by atomic mass is 9.97. The van der Waals surface area contributed by atoms with E-state index in [1.807, 2.05) is 27.7 Å². The third-order valence-electron chi connectivity index (χ3n) is 3.05. The first kappa shape index (κ1) is 18.7. The van der Waals surface area contributed by atoms with E-state index < -0.39 is 11.9 Å². The highest BCUT2D eigenvalue weighted by molar-refractivity contribution is 5.76. The minimum absolute atomic E-state index is 0.00919. The van der Waals surface area contributed by atoms with Crippen LogP contribution in [-0.4, -0.2) is 52.9 Å². The Morgan fingerprint density at radius 3 is 2.20 bits per heavy atom. The molecule has 0 aromatic carbocycles. The molecule has 0 spiro atoms. The number of nitrogens with one attached hydrogen (secondary N) is 1. The highest BCUT2D eigenvalue weighted by Gasteiger charge is 2.22. The molecule has 1 atom stereocenters. The summed E-state index contributed by atoms with van der Waals surface area (Å²) < 4.78 is 0. The van der Waals surface area contributed by atoms with Crippen molar-refractivity contribution >= 4 is 12.0 Å². The maximum atomic E-state index is 12.0. The van der Waals surface area contributed by atoms with Gasteiger partial charge in [0.1, 0.15) is 0 Å². The molecule has 6 heteroatoms. The fraction of sp³-hybridized carbons (Fsp3) is 0.857. The smallest absolute Gasteiger partial charge is 0.317 e. The summed E-state index contributed by atoms with van der Waals surface area (Å²) in [5.41, 5.74) is 0. The molecular weight excluding hydrogens is 260 g/mol. The highest BCUT2D eigenvalue weighted by Crippen LogP contribution is 2.11. The van der Waals surface area contributed by atoms with Crippen molar-refractivity contribution in [2.75, 3.05) is 19.7 Å². The Morgan fingerprint density at radius 2 is 1.80 bits per heavy atom. The summed E-state index contributed by atoms with van der Waals surface area (Å²) in [4.78, 5) is 24.8. The summed E-state index contributed by atoms with van der Waals surface area (Å²) in [5, 5.41) is 20.6. The number of hydrogen-bond acceptors (Lipinski definition) is 3. The van der Waals surface area contributed by atoms with Gasteiger partial charge in [-0.05, 0) is 32.6 Å². The van der Waals surface area contributed by atoms with Crippen LogP contribution in [-0.2, 0) is 4.79 Å². The van der Waals surface area contributed by atoms with Crippen LogP contribution in [0.15, 0.2) is 0 Å². The zero-order valence-corrected chi connectivity index (χ0v) is 12.9. The van der Waals surface area contributed by atoms with Crippen molar-refractivity contribution in [3.05, 3.63) is 0 Å². The molecule has 0 saturated heterocycles. The van der Waals surface area contributed by atoms with Gasteiger partial charge in [0.25, 0.3) is 0 Å². The number of carbonyl (C=O) groups excluding carboxylic acids is 1. The number of aliphatic hydroxyl groups excluding tert-OH is 1. The van der Waals surface area contributed by atoms with E-state index in [0.29, 0.717) is 19.4 Å². The van der Waals surface area contributed by atoms with Crippen LogP contribution in [0, 0.1) is 11.8 Å². The van der Waals surface area contributed by atoms with Crippen molar-refractivity contribution in [3.8, 4) is 0 Å². The SMILES string of the molecule is CC(C)CC(CNC(=O)N(CCCO)C(C)C)C(=O)O. The Balaban J connectivity index is 4.43. The molecular formula is C14H28N2O4. The van der Waals surface area contributed by atoms with Gasteiger partial charge in [0.2, 0.25) is 0 Å². The van der Waals surface area contributed by atoms with Crippen LogP contribution < -0.4 is 5.32 Å². The van der Waals surface area contributed by atoms with E-state index in [2.05, 4.69) is 5.32 Å². The number of urea groups is 1. The summed E-state index contributed by atoms with van der Waals surface area (Å²) in [6.07, 6.45) is 1.05. The molecule has 0 aromatic rings. The third-order valence-corrected chi connectivity index (χ3v) is 3.05. The van der Waals surface area contributed by atoms with E-state index in [1.54, 1.807) is 4.90 Å². The van der Waals surface area contributed by atoms with Gasteiger partial charge in [0.05, 0.1) is 5.92 Å². The van der Waals surface area contributed by atoms with Gasteiger partial charge in [-0.1, -0.05) is 13.8 Å². The van der Waals surface area contributed by atoms with Crippen LogP contribution in [0.4, 0.5) is 4.79 Å². The van der Waals surface area contributed by atoms with E-state index in [4.69, 9.17) is 10.2 Å². The summed E-state index contributed by atoms with van der Waals surface area (Å²) >= 11 is 0. The van der Waals surface area contributed by atoms with Gasteiger partial charge >= 0.3 is 12.0 Å². The first-order chi connectivity index (χ1) is 9.29. The predicted octanol–water partition coefficient (Wildman–Crippen LogP) is 1.54. The van der Waals surface area contributed by atoms with E-state index in [0.717, 1.165) is 0 Å². The summed E-state index contributed by atoms with van der Waals surface area (Å²) in [5.74, 6) is -1.18. The van der Waals surface area contributed by atoms with Crippen molar-refractivity contribution in [2.24, 2.45) is 11.8 Å². The average molecular weight is 288 g/mol. The second-order valence-corrected chi connectivity index (χ2v) is 5.72. The standard InChI is InChI=1S/C14H28N2O4/c1-10(2)8-12(13(18)19)9-15-14(20)16(11(3)4)6-5-7-17/h10-12,17H,5-9H2,1-4H3,(H,15,20)(H,18,19). The first-order valence-electron chi connectivity index (χ1n) is 7.17. The number of amides is 2. The van der Waals surface area contributed by atoms with Crippen molar-refractivity contribution < 1.29 is 19.8 Å². The van der Waals surface area contributed by atoms with Crippen molar-refractivity contribution in [1.29, 1.82) is 0 Å². The van der Waals surface area contributed by atoms with Crippen LogP contribution in [0.2, 0.25) is 0 Å². The van der Waals surface area contributed by atoms with Crippen LogP contribution in [0.25, 0.3) is 0 Å². The van der Waals surface area contributed by atoms with E-state index in [9.17, 15) is 9.59 Å². The molecule has 0 fully saturated rings. The second kappa shape index (κ2) is 9.58. The highest BCUT2D eigenvalue weighted by atomic mass is 16.4. The topological polar surface area (TPSA) is 89.9 Å². The maximum Gasteiger partial charge on any atom is 0.317 e. The van der Waals surface area contributed by atoms with Crippen LogP contribution >= 0.6 is 0 Å². The number of nitrogens with zero attached hydrogens (tertiary/aromatic N) is 1. The molecule has 0 saturated carbocycles. The molecule has 0 heterocycles. The van der Waals surface area contributed by atoms with E-state index in [-0.39, 0.29) is 31.1 Å². The summed E-state index contributed by atoms with van der Waals surface area (Å²) in [6, 6.07) is -0.265. The molecule has 20 heavy (non-hydrogen) atoms. The molecule has 2 amide bonds. The number of rotatable bonds is 9. The van der Waals surface area contributed by atoms with Crippen molar-refractivity contribution in [3.63, 3.8) is 0 Å². The Morgan fingerprint density at radius 1 is 1.20 bits per heavy atom. The minimum Gasteiger partial charge on any atom is -0.481 e. The lowest BCUT2D eigenvalue weighted by Gasteiger charge is -2.27. The van der Waals surface area contributed by atoms with Gasteiger partial charge in [-0.25, -0.2) is 4.79 Å². The number of carboxylic acid groups (broad SMARTS) is 1. The molecule has 0 rings (SSSR count). The largest absolute Gasteiger partial charge is 0.481 e. The molecule has 3 N–H and O–H groups in total. The Bertz CT molecular complexity index is 306. The molecule has 0 aliphatic heterocycles. The van der Waals surface area contributed by atoms with Crippen molar-refractivity contribution in [1.82, 2.24) is 10.2 Å². The molecule has 118 valence electrons. The zero-order chi connectivity index (χ0) is 15.7. The van der Waals surface area contributed by atoms with E-state index >= 15 is 0 Å². The molecule has 0 aliphatic rings. The fourth-order valence-electron chi connectivity index (χ4n) is 1.99. The van der Waals surface area contributed by atoms with Gasteiger partial charge in [0.15, 0.2) is 0 Å². The fourth-order valence-corrected chi connectivity index (χ4v) is 1.99. The first-order valence-corrected chi connectivity index (χ1v) is 7.17. The predicted molar refractivity (Wildman–Crippen MR) is 77.5 cm³/mol. The van der Waals surface area contributed by atoms with Gasteiger partial charge in [-0.2, -0.15) is 0 Å². The average Bonchev–Trinajstić information content (AvgIpc) is 2.33. The lowest BCUT2D eigenvalue weighted by molar-refractivity contribution is -0.142. The molecule has 1 unspecified atom stereocenters. The van der Waals surface area contributed by atoms with E-state index in [1.165, 1.54) is 0 Å². The Labute approximate surface area is 121 Å². The minimum atomic E-state index is -0.884. The van der Waals surface area contributed by atoms with Gasteiger partial charge < -0.3 is 20.4 Å². The normalized spacial score (nSPS) is 12.6. The monoisotopic (exact) mass is 288 g/mol. The van der Waals surface area contributed by atoms with Crippen LogP contribution in [0.3, 0.4) is 0 Å². The zero-order valence-electron chi connectivity index (χ0n) is 12.9. The number of carboxylic acids is 1. The molecule has 0 aromatic heterocycles. The molecule has 0 aliphatic carbocycles. The van der Waals surface area contributed by atoms with Crippen molar-refractivity contribution in [2.45, 2.75) is 46.6 Å². The Kier molecular flexibility index (Phi) is 8.96. The summed E-state index contributed by atoms with van der Waals surface area (Å²) in [6.45, 7) is 8.32. The molecule has 6 nitrogen and oxygen atoms in total. The second-order valence-electron chi connectivity index (χ2n) is 5.72. The van der Waals surface area contributed by atoms with Crippen LogP contribution in [0.5, 0.6) is 0 Å². The van der Waals surface area contributed by atoms with Gasteiger partial charge in [-0.3, -0.25) is 4.79 Å². The quantitative estimate of drug-likeness (QED) is 0.600. The number of carbonyl (C=O) groups is 2. The van der Waals surface area contributed by atoms with Gasteiger partial charge in [0, 0.05) is 25.7 Å². The third kappa shape index (κ3) is 7.33. The van der Waals surface area contributed by atoms with Gasteiger partial charge in [-0.15, -0.1) is 0 Å². The number of hydrogen-bond donors (Lipinski definition) is 3. The summed E-state index contributed by atoms with van der Waals surface area (Å²) in [7, 11) is 0. The molecule has 0 radical (unpaired) electrons. The molecule has 0 bridgehead atoms. The number of aliphatic carboxylic acids is 1.